The van der Waals surface area contributed by atoms with E-state index >= 15 is 0 Å². The first kappa shape index (κ1) is 20.3. The van der Waals surface area contributed by atoms with Crippen molar-refractivity contribution < 1.29 is 9.63 Å². The number of rotatable bonds is 6. The third-order valence-corrected chi connectivity index (χ3v) is 5.93. The molecule has 1 saturated carbocycles. The molecule has 0 amide bonds. The number of nitrogens with two attached hydrogens (primary N) is 1. The summed E-state index contributed by atoms with van der Waals surface area (Å²) in [5, 5.41) is 18.6. The largest absolute Gasteiger partial charge is 0.389 e. The quantitative estimate of drug-likeness (QED) is 0.476. The van der Waals surface area contributed by atoms with E-state index in [1.165, 1.54) is 0 Å². The zero-order chi connectivity index (χ0) is 22.3. The van der Waals surface area contributed by atoms with Crippen molar-refractivity contribution >= 4 is 5.95 Å². The fourth-order valence-electron chi connectivity index (χ4n) is 4.13. The number of aromatic nitrogens is 6. The molecule has 9 heteroatoms. The third-order valence-electron chi connectivity index (χ3n) is 5.93. The maximum Gasteiger partial charge on any atom is 0.261 e. The molecule has 1 aliphatic carbocycles. The van der Waals surface area contributed by atoms with E-state index in [1.807, 2.05) is 6.20 Å². The summed E-state index contributed by atoms with van der Waals surface area (Å²) < 4.78 is 7.28. The lowest BCUT2D eigenvalue weighted by atomic mass is 9.64. The lowest BCUT2D eigenvalue weighted by molar-refractivity contribution is 0.0577. The van der Waals surface area contributed by atoms with Crippen molar-refractivity contribution in [2.24, 2.45) is 0 Å². The Morgan fingerprint density at radius 2 is 1.78 bits per heavy atom. The number of benzene rings is 1. The highest BCUT2D eigenvalue weighted by atomic mass is 16.5. The lowest BCUT2D eigenvalue weighted by Gasteiger charge is -2.39. The molecule has 164 valence electrons. The Kier molecular flexibility index (Phi) is 4.78. The lowest BCUT2D eigenvalue weighted by Crippen LogP contribution is -2.36. The molecule has 1 aliphatic rings. The summed E-state index contributed by atoms with van der Waals surface area (Å²) in [5.41, 5.74) is 8.32. The average Bonchev–Trinajstić information content (AvgIpc) is 3.37. The number of anilines is 1. The summed E-state index contributed by atoms with van der Waals surface area (Å²) in [6, 6.07) is 8.35. The predicted molar refractivity (Wildman–Crippen MR) is 118 cm³/mol. The topological polar surface area (TPSA) is 129 Å². The van der Waals surface area contributed by atoms with Gasteiger partial charge in [-0.3, -0.25) is 4.68 Å². The summed E-state index contributed by atoms with van der Waals surface area (Å²) in [6.45, 7) is 3.86. The first-order chi connectivity index (χ1) is 15.3. The van der Waals surface area contributed by atoms with Crippen LogP contribution in [-0.4, -0.2) is 40.6 Å². The molecule has 9 nitrogen and oxygen atoms in total. The van der Waals surface area contributed by atoms with Gasteiger partial charge >= 0.3 is 0 Å². The molecule has 0 atom stereocenters. The van der Waals surface area contributed by atoms with Crippen molar-refractivity contribution in [3.8, 4) is 22.6 Å². The highest BCUT2D eigenvalue weighted by molar-refractivity contribution is 5.63. The Bertz CT molecular complexity index is 1220. The van der Waals surface area contributed by atoms with Gasteiger partial charge in [-0.1, -0.05) is 35.8 Å². The summed E-state index contributed by atoms with van der Waals surface area (Å²) in [4.78, 5) is 12.9. The van der Waals surface area contributed by atoms with Crippen molar-refractivity contribution in [2.45, 2.75) is 50.7 Å². The van der Waals surface area contributed by atoms with Gasteiger partial charge in [-0.2, -0.15) is 10.1 Å². The molecule has 0 unspecified atom stereocenters. The van der Waals surface area contributed by atoms with Gasteiger partial charge in [0.2, 0.25) is 5.95 Å². The molecule has 3 heterocycles. The van der Waals surface area contributed by atoms with Gasteiger partial charge < -0.3 is 15.4 Å². The van der Waals surface area contributed by atoms with Gasteiger partial charge in [-0.15, -0.1) is 0 Å². The minimum atomic E-state index is -0.857. The van der Waals surface area contributed by atoms with Crippen molar-refractivity contribution in [1.29, 1.82) is 0 Å². The van der Waals surface area contributed by atoms with E-state index in [9.17, 15) is 5.11 Å². The van der Waals surface area contributed by atoms with Crippen LogP contribution in [0.4, 0.5) is 5.95 Å². The Labute approximate surface area is 185 Å². The van der Waals surface area contributed by atoms with E-state index in [-0.39, 0.29) is 11.4 Å². The van der Waals surface area contributed by atoms with Gasteiger partial charge in [0.1, 0.15) is 0 Å². The van der Waals surface area contributed by atoms with E-state index in [1.54, 1.807) is 37.1 Å². The van der Waals surface area contributed by atoms with Crippen molar-refractivity contribution in [3.63, 3.8) is 0 Å². The monoisotopic (exact) mass is 431 g/mol. The van der Waals surface area contributed by atoms with Crippen LogP contribution in [0.3, 0.4) is 0 Å². The van der Waals surface area contributed by atoms with E-state index in [0.717, 1.165) is 41.5 Å². The smallest absolute Gasteiger partial charge is 0.261 e. The minimum Gasteiger partial charge on any atom is -0.389 e. The number of nitrogens with zero attached hydrogens (tertiary/aromatic N) is 6. The van der Waals surface area contributed by atoms with Gasteiger partial charge in [-0.25, -0.2) is 9.97 Å². The van der Waals surface area contributed by atoms with Crippen LogP contribution in [0.2, 0.25) is 0 Å². The Hall–Kier alpha value is -3.59. The van der Waals surface area contributed by atoms with Crippen LogP contribution < -0.4 is 5.73 Å². The van der Waals surface area contributed by atoms with Gasteiger partial charge in [0.15, 0.2) is 5.82 Å². The van der Waals surface area contributed by atoms with Gasteiger partial charge in [-0.05, 0) is 37.8 Å². The van der Waals surface area contributed by atoms with Crippen molar-refractivity contribution in [2.75, 3.05) is 5.73 Å². The van der Waals surface area contributed by atoms with Crippen LogP contribution in [0.5, 0.6) is 0 Å². The normalized spacial score (nSPS) is 15.5. The van der Waals surface area contributed by atoms with Gasteiger partial charge in [0, 0.05) is 24.2 Å². The number of hydrogen-bond donors (Lipinski definition) is 2. The second-order valence-electron chi connectivity index (χ2n) is 9.01. The maximum atomic E-state index is 10.0. The molecule has 0 saturated heterocycles. The number of hydrogen-bond acceptors (Lipinski definition) is 8. The molecule has 0 radical (unpaired) electrons. The van der Waals surface area contributed by atoms with Crippen LogP contribution in [0.25, 0.3) is 22.6 Å². The molecule has 1 aromatic carbocycles. The molecule has 32 heavy (non-hydrogen) atoms. The SMILES string of the molecule is CC(C)(O)Cn1cc(-c2nc(C3(c4ccc(-c5cnc(N)nc5)cc4)CCC3)no2)cn1. The maximum absolute atomic E-state index is 10.0. The van der Waals surface area contributed by atoms with E-state index in [2.05, 4.69) is 44.5 Å². The van der Waals surface area contributed by atoms with Crippen LogP contribution in [0, 0.1) is 0 Å². The van der Waals surface area contributed by atoms with Crippen LogP contribution >= 0.6 is 0 Å². The minimum absolute atomic E-state index is 0.249. The molecule has 5 rings (SSSR count). The predicted octanol–water partition coefficient (Wildman–Crippen LogP) is 3.21. The van der Waals surface area contributed by atoms with E-state index < -0.39 is 5.60 Å². The zero-order valence-electron chi connectivity index (χ0n) is 18.1. The molecule has 4 aromatic rings. The standard InChI is InChI=1S/C23H25N7O2/c1-22(2,31)14-30-13-17(12-27-30)19-28-20(29-32-19)23(8-3-9-23)18-6-4-15(5-7-18)16-10-25-21(24)26-11-16/h4-7,10-13,31H,3,8-9,14H2,1-2H3,(H2,24,25,26). The zero-order valence-corrected chi connectivity index (χ0v) is 18.1. The summed E-state index contributed by atoms with van der Waals surface area (Å²) in [6.07, 6.45) is 9.98. The molecule has 1 fully saturated rings. The summed E-state index contributed by atoms with van der Waals surface area (Å²) in [7, 11) is 0. The van der Waals surface area contributed by atoms with Gasteiger partial charge in [0.05, 0.1) is 29.3 Å². The van der Waals surface area contributed by atoms with Crippen LogP contribution in [0.1, 0.15) is 44.5 Å². The second-order valence-corrected chi connectivity index (χ2v) is 9.01. The highest BCUT2D eigenvalue weighted by Crippen LogP contribution is 2.48. The molecule has 0 bridgehead atoms. The molecule has 0 spiro atoms. The summed E-state index contributed by atoms with van der Waals surface area (Å²) >= 11 is 0. The van der Waals surface area contributed by atoms with Crippen LogP contribution in [0.15, 0.2) is 53.6 Å². The molecule has 3 N–H and O–H groups in total. The number of aliphatic hydroxyl groups is 1. The average molecular weight is 432 g/mol. The van der Waals surface area contributed by atoms with Gasteiger partial charge in [0.25, 0.3) is 5.89 Å². The first-order valence-electron chi connectivity index (χ1n) is 10.6. The highest BCUT2D eigenvalue weighted by Gasteiger charge is 2.44. The Balaban J connectivity index is 1.40. The van der Waals surface area contributed by atoms with Crippen molar-refractivity contribution in [3.05, 3.63) is 60.4 Å². The molecular weight excluding hydrogens is 406 g/mol. The molecular formula is C23H25N7O2. The second kappa shape index (κ2) is 7.52. The Morgan fingerprint density at radius 3 is 2.41 bits per heavy atom. The van der Waals surface area contributed by atoms with E-state index in [0.29, 0.717) is 18.3 Å². The van der Waals surface area contributed by atoms with Crippen molar-refractivity contribution in [1.82, 2.24) is 29.9 Å². The fourth-order valence-corrected chi connectivity index (χ4v) is 4.13. The fraction of sp³-hybridized carbons (Fsp3) is 0.348. The molecule has 0 aliphatic heterocycles. The van der Waals surface area contributed by atoms with Crippen LogP contribution in [-0.2, 0) is 12.0 Å². The number of nitrogen functional groups attached to an aromatic ring is 1. The third kappa shape index (κ3) is 3.75. The first-order valence-corrected chi connectivity index (χ1v) is 10.6. The summed E-state index contributed by atoms with van der Waals surface area (Å²) in [5.74, 6) is 1.39. The van der Waals surface area contributed by atoms with E-state index in [4.69, 9.17) is 15.2 Å². The molecule has 3 aromatic heterocycles. The Morgan fingerprint density at radius 1 is 1.06 bits per heavy atom.